The predicted molar refractivity (Wildman–Crippen MR) is 106 cm³/mol. The number of halogens is 2. The SMILES string of the molecule is Cc1c(Cl)cccc1S(=O)(=O)Nc1ccc(Cl)c(S(=O)(=O)N2CCCC2)c1. The summed E-state index contributed by atoms with van der Waals surface area (Å²) in [6.07, 6.45) is 1.58. The highest BCUT2D eigenvalue weighted by Crippen LogP contribution is 2.31. The Morgan fingerprint density at radius 1 is 0.926 bits per heavy atom. The van der Waals surface area contributed by atoms with Crippen LogP contribution >= 0.6 is 23.2 Å². The van der Waals surface area contributed by atoms with Crippen molar-refractivity contribution in [1.29, 1.82) is 0 Å². The van der Waals surface area contributed by atoms with Crippen LogP contribution in [0.3, 0.4) is 0 Å². The zero-order valence-electron chi connectivity index (χ0n) is 14.4. The Balaban J connectivity index is 1.98. The average molecular weight is 449 g/mol. The molecule has 1 fully saturated rings. The van der Waals surface area contributed by atoms with Crippen LogP contribution in [0.4, 0.5) is 5.69 Å². The van der Waals surface area contributed by atoms with Gasteiger partial charge in [0.25, 0.3) is 10.0 Å². The number of nitrogens with one attached hydrogen (secondary N) is 1. The second-order valence-corrected chi connectivity index (χ2v) is 10.6. The lowest BCUT2D eigenvalue weighted by molar-refractivity contribution is 0.477. The Kier molecular flexibility index (Phi) is 5.74. The van der Waals surface area contributed by atoms with E-state index < -0.39 is 20.0 Å². The lowest BCUT2D eigenvalue weighted by atomic mass is 10.2. The summed E-state index contributed by atoms with van der Waals surface area (Å²) in [4.78, 5) is -0.0945. The maximum atomic E-state index is 12.8. The molecule has 2 aromatic rings. The number of nitrogens with zero attached hydrogens (tertiary/aromatic N) is 1. The van der Waals surface area contributed by atoms with Crippen molar-refractivity contribution in [3.8, 4) is 0 Å². The van der Waals surface area contributed by atoms with Gasteiger partial charge in [-0.1, -0.05) is 29.3 Å². The summed E-state index contributed by atoms with van der Waals surface area (Å²) in [5.74, 6) is 0. The number of hydrogen-bond acceptors (Lipinski definition) is 4. The molecule has 0 aromatic heterocycles. The maximum absolute atomic E-state index is 12.8. The number of benzene rings is 2. The Hall–Kier alpha value is -1.32. The first-order valence-corrected chi connectivity index (χ1v) is 11.9. The van der Waals surface area contributed by atoms with Gasteiger partial charge in [-0.05, 0) is 55.7 Å². The van der Waals surface area contributed by atoms with E-state index in [1.807, 2.05) is 0 Å². The van der Waals surface area contributed by atoms with Gasteiger partial charge in [0, 0.05) is 18.1 Å². The van der Waals surface area contributed by atoms with E-state index in [1.165, 1.54) is 34.6 Å². The summed E-state index contributed by atoms with van der Waals surface area (Å²) in [7, 11) is -7.73. The van der Waals surface area contributed by atoms with Crippen molar-refractivity contribution in [3.63, 3.8) is 0 Å². The molecule has 0 radical (unpaired) electrons. The Morgan fingerprint density at radius 2 is 1.59 bits per heavy atom. The zero-order valence-corrected chi connectivity index (χ0v) is 17.6. The fourth-order valence-corrected chi connectivity index (χ4v) is 6.49. The minimum Gasteiger partial charge on any atom is -0.280 e. The van der Waals surface area contributed by atoms with E-state index in [-0.39, 0.29) is 20.5 Å². The van der Waals surface area contributed by atoms with Crippen LogP contribution in [0, 0.1) is 6.92 Å². The van der Waals surface area contributed by atoms with Crippen molar-refractivity contribution >= 4 is 48.9 Å². The number of hydrogen-bond donors (Lipinski definition) is 1. The fraction of sp³-hybridized carbons (Fsp3) is 0.294. The number of sulfonamides is 2. The van der Waals surface area contributed by atoms with Crippen molar-refractivity contribution < 1.29 is 16.8 Å². The van der Waals surface area contributed by atoms with Gasteiger partial charge in [0.15, 0.2) is 0 Å². The fourth-order valence-electron chi connectivity index (χ4n) is 2.92. The number of anilines is 1. The van der Waals surface area contributed by atoms with E-state index in [0.717, 1.165) is 12.8 Å². The molecule has 0 atom stereocenters. The summed E-state index contributed by atoms with van der Waals surface area (Å²) < 4.78 is 54.8. The minimum atomic E-state index is -3.95. The van der Waals surface area contributed by atoms with Crippen molar-refractivity contribution in [2.24, 2.45) is 0 Å². The van der Waals surface area contributed by atoms with E-state index in [0.29, 0.717) is 23.7 Å². The highest BCUT2D eigenvalue weighted by atomic mass is 35.5. The summed E-state index contributed by atoms with van der Waals surface area (Å²) in [6, 6.07) is 8.60. The van der Waals surface area contributed by atoms with E-state index in [9.17, 15) is 16.8 Å². The molecule has 1 aliphatic rings. The monoisotopic (exact) mass is 448 g/mol. The van der Waals surface area contributed by atoms with Crippen LogP contribution < -0.4 is 4.72 Å². The maximum Gasteiger partial charge on any atom is 0.262 e. The summed E-state index contributed by atoms with van der Waals surface area (Å²) in [5, 5.41) is 0.370. The molecule has 2 aromatic carbocycles. The molecule has 0 bridgehead atoms. The van der Waals surface area contributed by atoms with E-state index >= 15 is 0 Å². The van der Waals surface area contributed by atoms with E-state index in [1.54, 1.807) is 13.0 Å². The topological polar surface area (TPSA) is 83.5 Å². The molecule has 0 amide bonds. The van der Waals surface area contributed by atoms with Gasteiger partial charge < -0.3 is 0 Å². The lowest BCUT2D eigenvalue weighted by Gasteiger charge is -2.18. The molecule has 0 saturated carbocycles. The number of rotatable bonds is 5. The smallest absolute Gasteiger partial charge is 0.262 e. The van der Waals surface area contributed by atoms with Crippen LogP contribution in [-0.2, 0) is 20.0 Å². The third-order valence-corrected chi connectivity index (χ3v) is 8.69. The standard InChI is InChI=1S/C17H18Cl2N2O4S2/c1-12-14(18)5-4-6-16(12)26(22,23)20-13-7-8-15(19)17(11-13)27(24,25)21-9-2-3-10-21/h4-8,11,20H,2-3,9-10H2,1H3. The summed E-state index contributed by atoms with van der Waals surface area (Å²) in [6.45, 7) is 2.45. The first-order valence-electron chi connectivity index (χ1n) is 8.20. The molecular formula is C17H18Cl2N2O4S2. The van der Waals surface area contributed by atoms with Crippen LogP contribution in [0.1, 0.15) is 18.4 Å². The predicted octanol–water partition coefficient (Wildman–Crippen LogP) is 3.89. The molecular weight excluding hydrogens is 431 g/mol. The average Bonchev–Trinajstić information content (AvgIpc) is 3.14. The molecule has 27 heavy (non-hydrogen) atoms. The van der Waals surface area contributed by atoms with Gasteiger partial charge in [0.1, 0.15) is 4.90 Å². The van der Waals surface area contributed by atoms with Gasteiger partial charge in [-0.2, -0.15) is 4.31 Å². The molecule has 3 rings (SSSR count). The lowest BCUT2D eigenvalue weighted by Crippen LogP contribution is -2.28. The van der Waals surface area contributed by atoms with Crippen LogP contribution in [0.5, 0.6) is 0 Å². The highest BCUT2D eigenvalue weighted by Gasteiger charge is 2.29. The molecule has 0 spiro atoms. The Morgan fingerprint density at radius 3 is 2.26 bits per heavy atom. The third kappa shape index (κ3) is 4.09. The molecule has 6 nitrogen and oxygen atoms in total. The first-order chi connectivity index (χ1) is 12.6. The summed E-state index contributed by atoms with van der Waals surface area (Å²) >= 11 is 12.1. The third-order valence-electron chi connectivity index (χ3n) is 4.37. The van der Waals surface area contributed by atoms with Gasteiger partial charge in [-0.25, -0.2) is 16.8 Å². The van der Waals surface area contributed by atoms with Crippen molar-refractivity contribution in [1.82, 2.24) is 4.31 Å². The van der Waals surface area contributed by atoms with Crippen LogP contribution in [0.25, 0.3) is 0 Å². The first kappa shape index (κ1) is 20.4. The van der Waals surface area contributed by atoms with Gasteiger partial charge in [0.2, 0.25) is 10.0 Å². The van der Waals surface area contributed by atoms with Gasteiger partial charge in [-0.15, -0.1) is 0 Å². The molecule has 146 valence electrons. The quantitative estimate of drug-likeness (QED) is 0.751. The largest absolute Gasteiger partial charge is 0.280 e. The summed E-state index contributed by atoms with van der Waals surface area (Å²) in [5.41, 5.74) is 0.516. The molecule has 1 N–H and O–H groups in total. The van der Waals surface area contributed by atoms with Gasteiger partial charge >= 0.3 is 0 Å². The highest BCUT2D eigenvalue weighted by molar-refractivity contribution is 7.92. The molecule has 1 heterocycles. The zero-order chi connectivity index (χ0) is 19.8. The van der Waals surface area contributed by atoms with Gasteiger partial charge in [0.05, 0.1) is 15.6 Å². The van der Waals surface area contributed by atoms with E-state index in [2.05, 4.69) is 4.72 Å². The van der Waals surface area contributed by atoms with Crippen LogP contribution in [0.2, 0.25) is 10.0 Å². The second-order valence-electron chi connectivity index (χ2n) is 6.22. The van der Waals surface area contributed by atoms with Crippen molar-refractivity contribution in [2.75, 3.05) is 17.8 Å². The Labute approximate surface area is 169 Å². The van der Waals surface area contributed by atoms with Crippen LogP contribution in [0.15, 0.2) is 46.2 Å². The molecule has 0 unspecified atom stereocenters. The molecule has 1 aliphatic heterocycles. The molecule has 10 heteroatoms. The Bertz CT molecular complexity index is 1080. The molecule has 0 aliphatic carbocycles. The second kappa shape index (κ2) is 7.60. The van der Waals surface area contributed by atoms with Gasteiger partial charge in [-0.3, -0.25) is 4.72 Å². The van der Waals surface area contributed by atoms with Crippen LogP contribution in [-0.4, -0.2) is 34.2 Å². The van der Waals surface area contributed by atoms with Crippen molar-refractivity contribution in [3.05, 3.63) is 52.0 Å². The normalized spacial score (nSPS) is 15.8. The molecule has 1 saturated heterocycles. The van der Waals surface area contributed by atoms with Crippen molar-refractivity contribution in [2.45, 2.75) is 29.6 Å². The van der Waals surface area contributed by atoms with E-state index in [4.69, 9.17) is 23.2 Å². The minimum absolute atomic E-state index is 0.0221.